The molecule has 1 amide bonds. The van der Waals surface area contributed by atoms with Crippen LogP contribution in [0.15, 0.2) is 48.7 Å². The summed E-state index contributed by atoms with van der Waals surface area (Å²) >= 11 is 0. The number of halogens is 1. The number of likely N-dealkylation sites (tertiary alicyclic amines) is 1. The van der Waals surface area contributed by atoms with Gasteiger partial charge in [-0.15, -0.1) is 0 Å². The molecule has 1 atom stereocenters. The molecule has 1 unspecified atom stereocenters. The number of nitrogens with zero attached hydrogens (tertiary/aromatic N) is 2. The summed E-state index contributed by atoms with van der Waals surface area (Å²) in [4.78, 5) is 17.8. The van der Waals surface area contributed by atoms with Crippen molar-refractivity contribution < 1.29 is 18.7 Å². The quantitative estimate of drug-likeness (QED) is 0.831. The van der Waals surface area contributed by atoms with Crippen molar-refractivity contribution in [3.8, 4) is 5.88 Å². The van der Waals surface area contributed by atoms with Gasteiger partial charge in [0.15, 0.2) is 0 Å². The maximum atomic E-state index is 12.8. The Hall–Kier alpha value is -2.63. The van der Waals surface area contributed by atoms with Crippen LogP contribution in [0.5, 0.6) is 5.88 Å². The first-order valence-corrected chi connectivity index (χ1v) is 8.40. The molecule has 0 aliphatic carbocycles. The van der Waals surface area contributed by atoms with Crippen LogP contribution in [0.25, 0.3) is 0 Å². The number of carbonyl (C=O) groups excluding carboxylic acids is 1. The lowest BCUT2D eigenvalue weighted by Crippen LogP contribution is -2.41. The number of pyridine rings is 1. The Balaban J connectivity index is 1.45. The molecule has 1 aliphatic heterocycles. The molecule has 5 nitrogen and oxygen atoms in total. The van der Waals surface area contributed by atoms with Crippen LogP contribution in [0, 0.1) is 11.7 Å². The zero-order chi connectivity index (χ0) is 17.5. The fourth-order valence-corrected chi connectivity index (χ4v) is 2.83. The molecule has 0 bridgehead atoms. The van der Waals surface area contributed by atoms with Crippen molar-refractivity contribution in [2.24, 2.45) is 5.92 Å². The third kappa shape index (κ3) is 5.17. The second-order valence-corrected chi connectivity index (χ2v) is 6.12. The summed E-state index contributed by atoms with van der Waals surface area (Å²) in [6.45, 7) is 2.01. The van der Waals surface area contributed by atoms with Crippen LogP contribution in [0.1, 0.15) is 18.4 Å². The zero-order valence-corrected chi connectivity index (χ0v) is 13.9. The van der Waals surface area contributed by atoms with Crippen molar-refractivity contribution in [3.05, 3.63) is 60.0 Å². The van der Waals surface area contributed by atoms with Crippen LogP contribution in [0.2, 0.25) is 0 Å². The minimum atomic E-state index is -0.391. The molecule has 2 aromatic rings. The van der Waals surface area contributed by atoms with E-state index in [9.17, 15) is 9.18 Å². The Morgan fingerprint density at radius 1 is 1.24 bits per heavy atom. The van der Waals surface area contributed by atoms with Gasteiger partial charge in [-0.25, -0.2) is 14.2 Å². The number of aromatic nitrogens is 1. The van der Waals surface area contributed by atoms with E-state index in [-0.39, 0.29) is 18.6 Å². The standard InChI is InChI=1S/C19H21FN2O3/c20-17-8-9-18(21-11-17)24-14-16-7-4-10-22(12-16)19(23)25-13-15-5-2-1-3-6-15/h1-3,5-6,8-9,11,16H,4,7,10,12-14H2/i20-1. The SMILES string of the molecule is O=C(OCc1ccccc1)N1CCCC(COc2ccc([18F])cn2)C1. The monoisotopic (exact) mass is 343 g/mol. The van der Waals surface area contributed by atoms with E-state index in [1.807, 2.05) is 30.3 Å². The summed E-state index contributed by atoms with van der Waals surface area (Å²) in [7, 11) is 0. The normalized spacial score (nSPS) is 17.2. The van der Waals surface area contributed by atoms with Crippen molar-refractivity contribution in [1.29, 1.82) is 0 Å². The molecular weight excluding hydrogens is 322 g/mol. The third-order valence-electron chi connectivity index (χ3n) is 4.15. The Morgan fingerprint density at radius 3 is 2.84 bits per heavy atom. The predicted octanol–water partition coefficient (Wildman–Crippen LogP) is 3.65. The molecule has 1 aromatic heterocycles. The molecule has 3 rings (SSSR count). The van der Waals surface area contributed by atoms with E-state index in [1.54, 1.807) is 4.90 Å². The number of piperidine rings is 1. The van der Waals surface area contributed by atoms with E-state index in [0.717, 1.165) is 24.6 Å². The number of benzene rings is 1. The summed E-state index contributed by atoms with van der Waals surface area (Å²) in [5, 5.41) is 0. The van der Waals surface area contributed by atoms with Crippen molar-refractivity contribution in [2.45, 2.75) is 19.4 Å². The molecule has 25 heavy (non-hydrogen) atoms. The molecule has 0 N–H and O–H groups in total. The first-order valence-electron chi connectivity index (χ1n) is 8.40. The van der Waals surface area contributed by atoms with E-state index in [4.69, 9.17) is 9.47 Å². The van der Waals surface area contributed by atoms with Crippen LogP contribution in [-0.4, -0.2) is 35.7 Å². The summed E-state index contributed by atoms with van der Waals surface area (Å²) in [5.41, 5.74) is 0.968. The Morgan fingerprint density at radius 2 is 2.08 bits per heavy atom. The second-order valence-electron chi connectivity index (χ2n) is 6.12. The number of carbonyl (C=O) groups is 1. The van der Waals surface area contributed by atoms with Crippen LogP contribution in [0.3, 0.4) is 0 Å². The Kier molecular flexibility index (Phi) is 5.82. The Bertz CT molecular complexity index is 679. The van der Waals surface area contributed by atoms with E-state index < -0.39 is 5.82 Å². The van der Waals surface area contributed by atoms with Gasteiger partial charge in [-0.1, -0.05) is 30.3 Å². The lowest BCUT2D eigenvalue weighted by atomic mass is 9.99. The van der Waals surface area contributed by atoms with Crippen molar-refractivity contribution in [3.63, 3.8) is 0 Å². The van der Waals surface area contributed by atoms with Gasteiger partial charge < -0.3 is 14.4 Å². The van der Waals surface area contributed by atoms with Gasteiger partial charge in [0.2, 0.25) is 5.88 Å². The van der Waals surface area contributed by atoms with Gasteiger partial charge in [0.25, 0.3) is 0 Å². The van der Waals surface area contributed by atoms with Gasteiger partial charge in [-0.2, -0.15) is 0 Å². The highest BCUT2D eigenvalue weighted by atomic mass is 18.2. The first kappa shape index (κ1) is 17.2. The van der Waals surface area contributed by atoms with Gasteiger partial charge in [-0.3, -0.25) is 0 Å². The molecule has 0 radical (unpaired) electrons. The van der Waals surface area contributed by atoms with E-state index in [1.165, 1.54) is 12.1 Å². The average Bonchev–Trinajstić information content (AvgIpc) is 2.67. The average molecular weight is 343 g/mol. The molecule has 1 fully saturated rings. The topological polar surface area (TPSA) is 51.7 Å². The molecule has 1 aliphatic rings. The van der Waals surface area contributed by atoms with Gasteiger partial charge in [-0.05, 0) is 24.5 Å². The molecule has 6 heteroatoms. The smallest absolute Gasteiger partial charge is 0.410 e. The lowest BCUT2D eigenvalue weighted by molar-refractivity contribution is 0.0706. The first-order chi connectivity index (χ1) is 12.2. The van der Waals surface area contributed by atoms with Crippen molar-refractivity contribution in [1.82, 2.24) is 9.88 Å². The Labute approximate surface area is 146 Å². The van der Waals surface area contributed by atoms with Crippen LogP contribution in [0.4, 0.5) is 9.18 Å². The molecule has 1 saturated heterocycles. The zero-order valence-electron chi connectivity index (χ0n) is 13.9. The number of rotatable bonds is 5. The number of hydrogen-bond acceptors (Lipinski definition) is 4. The molecular formula is C19H21FN2O3. The molecule has 1 aromatic carbocycles. The van der Waals surface area contributed by atoms with Crippen molar-refractivity contribution >= 4 is 6.09 Å². The largest absolute Gasteiger partial charge is 0.477 e. The van der Waals surface area contributed by atoms with E-state index in [0.29, 0.717) is 25.6 Å². The molecule has 132 valence electrons. The highest BCUT2D eigenvalue weighted by Gasteiger charge is 2.25. The van der Waals surface area contributed by atoms with Gasteiger partial charge in [0.1, 0.15) is 12.4 Å². The summed E-state index contributed by atoms with van der Waals surface area (Å²) < 4.78 is 23.8. The maximum Gasteiger partial charge on any atom is 0.410 e. The second kappa shape index (κ2) is 8.46. The van der Waals surface area contributed by atoms with Crippen LogP contribution >= 0.6 is 0 Å². The number of amides is 1. The summed E-state index contributed by atoms with van der Waals surface area (Å²) in [6, 6.07) is 12.4. The highest BCUT2D eigenvalue weighted by Crippen LogP contribution is 2.19. The van der Waals surface area contributed by atoms with Gasteiger partial charge in [0.05, 0.1) is 12.8 Å². The molecule has 0 spiro atoms. The predicted molar refractivity (Wildman–Crippen MR) is 90.6 cm³/mol. The van der Waals surface area contributed by atoms with Crippen molar-refractivity contribution in [2.75, 3.05) is 19.7 Å². The maximum absolute atomic E-state index is 12.8. The summed E-state index contributed by atoms with van der Waals surface area (Å²) in [5.74, 6) is 0.215. The van der Waals surface area contributed by atoms with Gasteiger partial charge in [0, 0.05) is 25.1 Å². The molecule has 0 saturated carbocycles. The third-order valence-corrected chi connectivity index (χ3v) is 4.15. The number of hydrogen-bond donors (Lipinski definition) is 0. The van der Waals surface area contributed by atoms with Crippen LogP contribution in [-0.2, 0) is 11.3 Å². The minimum Gasteiger partial charge on any atom is -0.477 e. The lowest BCUT2D eigenvalue weighted by Gasteiger charge is -2.31. The number of ether oxygens (including phenoxy) is 2. The highest BCUT2D eigenvalue weighted by molar-refractivity contribution is 5.67. The van der Waals surface area contributed by atoms with E-state index >= 15 is 0 Å². The van der Waals surface area contributed by atoms with Gasteiger partial charge >= 0.3 is 6.09 Å². The molecule has 2 heterocycles. The minimum absolute atomic E-state index is 0.213. The fourth-order valence-electron chi connectivity index (χ4n) is 2.83. The summed E-state index contributed by atoms with van der Waals surface area (Å²) in [6.07, 6.45) is 2.71. The van der Waals surface area contributed by atoms with E-state index in [2.05, 4.69) is 4.98 Å². The van der Waals surface area contributed by atoms with Crippen LogP contribution < -0.4 is 4.74 Å². The fraction of sp³-hybridized carbons (Fsp3) is 0.368.